The summed E-state index contributed by atoms with van der Waals surface area (Å²) in [6.45, 7) is 2.89. The minimum atomic E-state index is -0.0682. The SMILES string of the molecule is O=C(C1CCCCC1)N1CCN(c2cc(=O)n3ccccc3n2)CC1. The number of nitrogens with zero attached hydrogens (tertiary/aromatic N) is 4. The molecule has 0 aromatic carbocycles. The molecular formula is C19H24N4O2. The highest BCUT2D eigenvalue weighted by atomic mass is 16.2. The molecule has 1 saturated heterocycles. The third-order valence-electron chi connectivity index (χ3n) is 5.43. The second-order valence-electron chi connectivity index (χ2n) is 7.03. The van der Waals surface area contributed by atoms with Gasteiger partial charge in [-0.3, -0.25) is 14.0 Å². The lowest BCUT2D eigenvalue weighted by atomic mass is 9.88. The minimum absolute atomic E-state index is 0.0682. The maximum Gasteiger partial charge on any atom is 0.259 e. The second-order valence-corrected chi connectivity index (χ2v) is 7.03. The van der Waals surface area contributed by atoms with Gasteiger partial charge in [-0.15, -0.1) is 0 Å². The maximum absolute atomic E-state index is 12.7. The molecule has 1 amide bonds. The fraction of sp³-hybridized carbons (Fsp3) is 0.526. The molecule has 0 N–H and O–H groups in total. The Kier molecular flexibility index (Phi) is 4.42. The number of rotatable bonds is 2. The molecule has 2 aromatic rings. The highest BCUT2D eigenvalue weighted by Crippen LogP contribution is 2.26. The lowest BCUT2D eigenvalue weighted by Gasteiger charge is -2.37. The van der Waals surface area contributed by atoms with Crippen LogP contribution < -0.4 is 10.5 Å². The number of anilines is 1. The van der Waals surface area contributed by atoms with Crippen LogP contribution in [-0.4, -0.2) is 46.4 Å². The summed E-state index contributed by atoms with van der Waals surface area (Å²) in [5.41, 5.74) is 0.590. The van der Waals surface area contributed by atoms with Crippen molar-refractivity contribution in [3.05, 3.63) is 40.8 Å². The zero-order valence-electron chi connectivity index (χ0n) is 14.4. The number of hydrogen-bond donors (Lipinski definition) is 0. The molecule has 132 valence electrons. The number of hydrogen-bond acceptors (Lipinski definition) is 4. The van der Waals surface area contributed by atoms with E-state index in [1.54, 1.807) is 16.7 Å². The lowest BCUT2D eigenvalue weighted by Crippen LogP contribution is -2.51. The largest absolute Gasteiger partial charge is 0.353 e. The highest BCUT2D eigenvalue weighted by molar-refractivity contribution is 5.79. The van der Waals surface area contributed by atoms with Gasteiger partial charge in [0.15, 0.2) is 0 Å². The van der Waals surface area contributed by atoms with Crippen LogP contribution >= 0.6 is 0 Å². The molecule has 0 unspecified atom stereocenters. The molecule has 2 aromatic heterocycles. The first-order valence-electron chi connectivity index (χ1n) is 9.24. The van der Waals surface area contributed by atoms with Gasteiger partial charge in [0, 0.05) is 44.4 Å². The molecule has 2 fully saturated rings. The zero-order valence-corrected chi connectivity index (χ0v) is 14.4. The van der Waals surface area contributed by atoms with Gasteiger partial charge in [0.2, 0.25) is 5.91 Å². The van der Waals surface area contributed by atoms with Gasteiger partial charge in [-0.25, -0.2) is 4.98 Å². The molecule has 0 bridgehead atoms. The Morgan fingerprint density at radius 2 is 1.80 bits per heavy atom. The Morgan fingerprint density at radius 3 is 2.56 bits per heavy atom. The van der Waals surface area contributed by atoms with Crippen molar-refractivity contribution in [3.8, 4) is 0 Å². The second kappa shape index (κ2) is 6.86. The van der Waals surface area contributed by atoms with Gasteiger partial charge in [-0.05, 0) is 25.0 Å². The van der Waals surface area contributed by atoms with Crippen molar-refractivity contribution in [3.63, 3.8) is 0 Å². The number of carbonyl (C=O) groups is 1. The van der Waals surface area contributed by atoms with Gasteiger partial charge in [-0.2, -0.15) is 0 Å². The van der Waals surface area contributed by atoms with Crippen LogP contribution in [0.1, 0.15) is 32.1 Å². The van der Waals surface area contributed by atoms with Crippen LogP contribution in [0.15, 0.2) is 35.3 Å². The Balaban J connectivity index is 1.45. The van der Waals surface area contributed by atoms with E-state index in [1.807, 2.05) is 23.1 Å². The molecule has 1 aliphatic carbocycles. The van der Waals surface area contributed by atoms with Gasteiger partial charge in [0.25, 0.3) is 5.56 Å². The summed E-state index contributed by atoms with van der Waals surface area (Å²) in [5.74, 6) is 1.26. The van der Waals surface area contributed by atoms with Crippen LogP contribution in [0.2, 0.25) is 0 Å². The smallest absolute Gasteiger partial charge is 0.259 e. The van der Waals surface area contributed by atoms with E-state index in [1.165, 1.54) is 19.3 Å². The molecule has 0 atom stereocenters. The zero-order chi connectivity index (χ0) is 17.2. The predicted molar refractivity (Wildman–Crippen MR) is 96.8 cm³/mol. The Hall–Kier alpha value is -2.37. The summed E-state index contributed by atoms with van der Waals surface area (Å²) >= 11 is 0. The molecule has 2 aliphatic rings. The number of aromatic nitrogens is 2. The lowest BCUT2D eigenvalue weighted by molar-refractivity contribution is -0.136. The molecule has 1 aliphatic heterocycles. The molecule has 6 heteroatoms. The fourth-order valence-electron chi connectivity index (χ4n) is 3.97. The summed E-state index contributed by atoms with van der Waals surface area (Å²) in [6.07, 6.45) is 7.45. The first-order valence-corrected chi connectivity index (χ1v) is 9.24. The van der Waals surface area contributed by atoms with Crippen molar-refractivity contribution in [2.75, 3.05) is 31.1 Å². The number of pyridine rings is 1. The van der Waals surface area contributed by atoms with Crippen molar-refractivity contribution < 1.29 is 4.79 Å². The fourth-order valence-corrected chi connectivity index (χ4v) is 3.97. The maximum atomic E-state index is 12.7. The van der Waals surface area contributed by atoms with E-state index < -0.39 is 0 Å². The van der Waals surface area contributed by atoms with Gasteiger partial charge in [0.05, 0.1) is 0 Å². The first-order chi connectivity index (χ1) is 12.2. The topological polar surface area (TPSA) is 57.9 Å². The van der Waals surface area contributed by atoms with Crippen molar-refractivity contribution in [1.82, 2.24) is 14.3 Å². The predicted octanol–water partition coefficient (Wildman–Crippen LogP) is 1.92. The molecular weight excluding hydrogens is 316 g/mol. The highest BCUT2D eigenvalue weighted by Gasteiger charge is 2.28. The molecule has 25 heavy (non-hydrogen) atoms. The van der Waals surface area contributed by atoms with Gasteiger partial charge in [0.1, 0.15) is 11.5 Å². The molecule has 0 spiro atoms. The van der Waals surface area contributed by atoms with Crippen molar-refractivity contribution in [1.29, 1.82) is 0 Å². The van der Waals surface area contributed by atoms with E-state index in [-0.39, 0.29) is 11.5 Å². The molecule has 3 heterocycles. The van der Waals surface area contributed by atoms with Crippen LogP contribution in [0.5, 0.6) is 0 Å². The third-order valence-corrected chi connectivity index (χ3v) is 5.43. The van der Waals surface area contributed by atoms with E-state index in [0.717, 1.165) is 25.9 Å². The normalized spacial score (nSPS) is 19.4. The number of fused-ring (bicyclic) bond motifs is 1. The average molecular weight is 340 g/mol. The Morgan fingerprint density at radius 1 is 1.04 bits per heavy atom. The molecule has 6 nitrogen and oxygen atoms in total. The van der Waals surface area contributed by atoms with E-state index >= 15 is 0 Å². The summed E-state index contributed by atoms with van der Waals surface area (Å²) in [6, 6.07) is 7.14. The van der Waals surface area contributed by atoms with Crippen LogP contribution in [0.3, 0.4) is 0 Å². The first kappa shape index (κ1) is 16.1. The van der Waals surface area contributed by atoms with E-state index in [9.17, 15) is 9.59 Å². The van der Waals surface area contributed by atoms with E-state index in [2.05, 4.69) is 9.88 Å². The van der Waals surface area contributed by atoms with Crippen LogP contribution in [0.4, 0.5) is 5.82 Å². The van der Waals surface area contributed by atoms with Gasteiger partial charge < -0.3 is 9.80 Å². The standard InChI is InChI=1S/C19H24N4O2/c24-18-14-17(20-16-8-4-5-9-23(16)18)21-10-12-22(13-11-21)19(25)15-6-2-1-3-7-15/h4-5,8-9,14-15H,1-3,6-7,10-13H2. The molecule has 4 rings (SSSR count). The van der Waals surface area contributed by atoms with Gasteiger partial charge >= 0.3 is 0 Å². The number of amides is 1. The van der Waals surface area contributed by atoms with Crippen molar-refractivity contribution in [2.24, 2.45) is 5.92 Å². The molecule has 0 radical (unpaired) electrons. The summed E-state index contributed by atoms with van der Waals surface area (Å²) in [4.78, 5) is 33.6. The van der Waals surface area contributed by atoms with Crippen LogP contribution in [0.25, 0.3) is 5.65 Å². The summed E-state index contributed by atoms with van der Waals surface area (Å²) in [5, 5.41) is 0. The summed E-state index contributed by atoms with van der Waals surface area (Å²) in [7, 11) is 0. The van der Waals surface area contributed by atoms with E-state index in [0.29, 0.717) is 30.5 Å². The van der Waals surface area contributed by atoms with Gasteiger partial charge in [-0.1, -0.05) is 25.3 Å². The van der Waals surface area contributed by atoms with Crippen LogP contribution in [0, 0.1) is 5.92 Å². The van der Waals surface area contributed by atoms with Crippen molar-refractivity contribution in [2.45, 2.75) is 32.1 Å². The molecule has 1 saturated carbocycles. The average Bonchev–Trinajstić information content (AvgIpc) is 2.68. The minimum Gasteiger partial charge on any atom is -0.353 e. The quantitative estimate of drug-likeness (QED) is 0.838. The Labute approximate surface area is 147 Å². The third kappa shape index (κ3) is 3.25. The summed E-state index contributed by atoms with van der Waals surface area (Å²) < 4.78 is 1.55. The van der Waals surface area contributed by atoms with E-state index in [4.69, 9.17) is 0 Å². The Bertz CT molecular complexity index is 818. The van der Waals surface area contributed by atoms with Crippen molar-refractivity contribution >= 4 is 17.4 Å². The number of piperazine rings is 1. The number of carbonyl (C=O) groups excluding carboxylic acids is 1. The monoisotopic (exact) mass is 340 g/mol. The van der Waals surface area contributed by atoms with Crippen LogP contribution in [-0.2, 0) is 4.79 Å².